The molecule has 7 nitrogen and oxygen atoms in total. The Kier molecular flexibility index (Phi) is 7.39. The Balaban J connectivity index is 0.00000312. The molecule has 0 amide bonds. The van der Waals surface area contributed by atoms with Crippen LogP contribution in [0.1, 0.15) is 5.56 Å². The number of aliphatic imine (C=N–C) groups is 1. The van der Waals surface area contributed by atoms with Gasteiger partial charge in [0.1, 0.15) is 0 Å². The fourth-order valence-electron chi connectivity index (χ4n) is 2.01. The molecule has 136 valence electrons. The van der Waals surface area contributed by atoms with E-state index in [-0.39, 0.29) is 40.3 Å². The lowest BCUT2D eigenvalue weighted by molar-refractivity contribution is -0.868. The Morgan fingerprint density at radius 2 is 1.92 bits per heavy atom. The van der Waals surface area contributed by atoms with Gasteiger partial charge in [-0.3, -0.25) is 19.3 Å². The van der Waals surface area contributed by atoms with Crippen LogP contribution in [0, 0.1) is 0 Å². The highest BCUT2D eigenvalue weighted by Crippen LogP contribution is 2.21. The van der Waals surface area contributed by atoms with Gasteiger partial charge in [0.05, 0.1) is 50.5 Å². The second-order valence-corrected chi connectivity index (χ2v) is 6.72. The van der Waals surface area contributed by atoms with E-state index in [0.29, 0.717) is 11.0 Å². The molecule has 2 aromatic rings. The Labute approximate surface area is 167 Å². The second-order valence-electron chi connectivity index (χ2n) is 6.31. The molecule has 1 aromatic carbocycles. The number of nitrogens with zero attached hydrogens (tertiary/aromatic N) is 3. The van der Waals surface area contributed by atoms with E-state index >= 15 is 0 Å². The van der Waals surface area contributed by atoms with Crippen LogP contribution in [0.5, 0.6) is 5.88 Å². The fraction of sp³-hybridized carbons (Fsp3) is 0.312. The van der Waals surface area contributed by atoms with Gasteiger partial charge in [0.25, 0.3) is 5.56 Å². The van der Waals surface area contributed by atoms with Crippen LogP contribution < -0.4 is 16.4 Å². The van der Waals surface area contributed by atoms with Gasteiger partial charge in [-0.05, 0) is 18.0 Å². The molecule has 0 aliphatic rings. The van der Waals surface area contributed by atoms with Crippen LogP contribution in [-0.2, 0) is 0 Å². The van der Waals surface area contributed by atoms with Crippen molar-refractivity contribution in [2.45, 2.75) is 0 Å². The van der Waals surface area contributed by atoms with Gasteiger partial charge in [0, 0.05) is 6.21 Å². The predicted octanol–water partition coefficient (Wildman–Crippen LogP) is 0.996. The Bertz CT molecular complexity index is 884. The third kappa shape index (κ3) is 5.41. The summed E-state index contributed by atoms with van der Waals surface area (Å²) < 4.78 is 1.54. The number of benzene rings is 1. The maximum atomic E-state index is 12.5. The number of H-pyrrole nitrogens is 1. The van der Waals surface area contributed by atoms with Gasteiger partial charge >= 0.3 is 5.69 Å². The Morgan fingerprint density at radius 1 is 1.28 bits per heavy atom. The molecule has 0 aliphatic carbocycles. The lowest BCUT2D eigenvalue weighted by Gasteiger charge is -2.22. The maximum Gasteiger partial charge on any atom is 0.332 e. The largest absolute Gasteiger partial charge is 0.859 e. The first-order valence-corrected chi connectivity index (χ1v) is 7.70. The molecule has 1 N–H and O–H groups in total. The van der Waals surface area contributed by atoms with Gasteiger partial charge in [-0.1, -0.05) is 23.7 Å². The van der Waals surface area contributed by atoms with E-state index in [2.05, 4.69) is 9.98 Å². The quantitative estimate of drug-likeness (QED) is 0.395. The number of likely N-dealkylation sites (N-methyl/N-ethyl adjacent to an activating group) is 1. The molecule has 0 fully saturated rings. The summed E-state index contributed by atoms with van der Waals surface area (Å²) in [5.74, 6) is -0.745. The minimum Gasteiger partial charge on any atom is -0.859 e. The van der Waals surface area contributed by atoms with E-state index < -0.39 is 17.1 Å². The molecule has 0 radical (unpaired) electrons. The molecule has 0 bridgehead atoms. The monoisotopic (exact) mass is 478 g/mol. The average molecular weight is 479 g/mol. The van der Waals surface area contributed by atoms with Crippen LogP contribution in [0.2, 0.25) is 5.02 Å². The summed E-state index contributed by atoms with van der Waals surface area (Å²) in [6, 6.07) is 6.41. The van der Waals surface area contributed by atoms with E-state index in [1.807, 2.05) is 21.1 Å². The molecule has 0 unspecified atom stereocenters. The van der Waals surface area contributed by atoms with Crippen molar-refractivity contribution in [1.29, 1.82) is 0 Å². The van der Waals surface area contributed by atoms with Gasteiger partial charge < -0.3 is 9.59 Å². The average Bonchev–Trinajstić information content (AvgIpc) is 2.47. The molecule has 25 heavy (non-hydrogen) atoms. The number of hydrogen-bond acceptors (Lipinski definition) is 4. The van der Waals surface area contributed by atoms with Crippen LogP contribution in [-0.4, -0.2) is 54.5 Å². The number of quaternary nitrogens is 1. The number of aromatic amines is 1. The van der Waals surface area contributed by atoms with Crippen molar-refractivity contribution in [3.8, 4) is 11.6 Å². The van der Waals surface area contributed by atoms with E-state index in [4.69, 9.17) is 11.6 Å². The van der Waals surface area contributed by atoms with Crippen LogP contribution in [0.3, 0.4) is 0 Å². The van der Waals surface area contributed by atoms with Gasteiger partial charge in [0.15, 0.2) is 0 Å². The van der Waals surface area contributed by atoms with Gasteiger partial charge in [-0.25, -0.2) is 4.79 Å². The molecule has 9 heteroatoms. The number of para-hydroxylation sites is 1. The van der Waals surface area contributed by atoms with Crippen LogP contribution in [0.4, 0.5) is 0 Å². The summed E-state index contributed by atoms with van der Waals surface area (Å²) in [5.41, 5.74) is -1.58. The topological polar surface area (TPSA) is 90.3 Å². The molecule has 0 atom stereocenters. The summed E-state index contributed by atoms with van der Waals surface area (Å²) in [6.07, 6.45) is 1.21. The molecule has 0 saturated carbocycles. The van der Waals surface area contributed by atoms with E-state index in [1.165, 1.54) is 12.3 Å². The van der Waals surface area contributed by atoms with Crippen molar-refractivity contribution in [3.63, 3.8) is 0 Å². The second kappa shape index (κ2) is 8.63. The Morgan fingerprint density at radius 3 is 2.52 bits per heavy atom. The van der Waals surface area contributed by atoms with E-state index in [1.54, 1.807) is 18.2 Å². The summed E-state index contributed by atoms with van der Waals surface area (Å²) in [4.78, 5) is 30.2. The van der Waals surface area contributed by atoms with Gasteiger partial charge in [-0.2, -0.15) is 0 Å². The highest BCUT2D eigenvalue weighted by molar-refractivity contribution is 14.0. The zero-order chi connectivity index (χ0) is 17.9. The minimum atomic E-state index is -0.832. The lowest BCUT2D eigenvalue weighted by atomic mass is 10.3. The number of halogens is 2. The molecule has 1 heterocycles. The summed E-state index contributed by atoms with van der Waals surface area (Å²) in [6.45, 7) is 1.19. The number of aromatic nitrogens is 2. The molecule has 0 spiro atoms. The first-order valence-electron chi connectivity index (χ1n) is 7.32. The maximum absolute atomic E-state index is 12.5. The highest BCUT2D eigenvalue weighted by Gasteiger charge is 2.11. The molecular weight excluding hydrogens is 459 g/mol. The number of nitrogens with one attached hydrogen (secondary N) is 1. The lowest BCUT2D eigenvalue weighted by Crippen LogP contribution is -2.37. The van der Waals surface area contributed by atoms with Crippen LogP contribution in [0.15, 0.2) is 38.8 Å². The van der Waals surface area contributed by atoms with E-state index in [0.717, 1.165) is 11.1 Å². The zero-order valence-corrected chi connectivity index (χ0v) is 17.2. The molecule has 0 aliphatic heterocycles. The number of rotatable bonds is 5. The zero-order valence-electron chi connectivity index (χ0n) is 14.2. The smallest absolute Gasteiger partial charge is 0.332 e. The van der Waals surface area contributed by atoms with Gasteiger partial charge in [0.2, 0.25) is 0 Å². The van der Waals surface area contributed by atoms with Crippen LogP contribution in [0.25, 0.3) is 5.69 Å². The molecular formula is C16H20ClIN4O3. The van der Waals surface area contributed by atoms with Gasteiger partial charge in [-0.15, -0.1) is 24.0 Å². The third-order valence-electron chi connectivity index (χ3n) is 3.32. The van der Waals surface area contributed by atoms with Crippen molar-refractivity contribution in [2.75, 3.05) is 34.2 Å². The normalized spacial score (nSPS) is 11.5. The van der Waals surface area contributed by atoms with Crippen molar-refractivity contribution in [1.82, 2.24) is 9.55 Å². The predicted molar refractivity (Wildman–Crippen MR) is 108 cm³/mol. The van der Waals surface area contributed by atoms with Crippen molar-refractivity contribution in [2.24, 2.45) is 4.99 Å². The van der Waals surface area contributed by atoms with Crippen molar-refractivity contribution >= 4 is 41.8 Å². The van der Waals surface area contributed by atoms with E-state index in [9.17, 15) is 14.7 Å². The third-order valence-corrected chi connectivity index (χ3v) is 3.63. The summed E-state index contributed by atoms with van der Waals surface area (Å²) in [5, 5.41) is 12.8. The van der Waals surface area contributed by atoms with Crippen LogP contribution >= 0.6 is 35.6 Å². The minimum absolute atomic E-state index is 0. The fourth-order valence-corrected chi connectivity index (χ4v) is 2.23. The molecule has 2 rings (SSSR count). The SMILES string of the molecule is C[N+](C)(C)CCN=Cc1c([O-])n(-c2ccccc2Cl)c(=O)[nH]c1=O.I. The van der Waals surface area contributed by atoms with Crippen molar-refractivity contribution < 1.29 is 9.59 Å². The first-order chi connectivity index (χ1) is 11.2. The summed E-state index contributed by atoms with van der Waals surface area (Å²) >= 11 is 6.05. The summed E-state index contributed by atoms with van der Waals surface area (Å²) in [7, 11) is 6.04. The number of hydrogen-bond donors (Lipinski definition) is 1. The molecule has 0 saturated heterocycles. The Hall–Kier alpha value is -1.65. The molecule has 1 aromatic heterocycles. The first kappa shape index (κ1) is 21.4. The van der Waals surface area contributed by atoms with Crippen molar-refractivity contribution in [3.05, 3.63) is 55.7 Å². The standard InChI is InChI=1S/C16H19ClN4O3.HI/c1-21(2,3)9-8-18-10-11-14(22)19-16(24)20(15(11)23)13-7-5-4-6-12(13)17;/h4-7,10H,8-9H2,1-3H3,(H-,18,19,22,23,24);1H. The highest BCUT2D eigenvalue weighted by atomic mass is 127.